The lowest BCUT2D eigenvalue weighted by Crippen LogP contribution is -2.25. The van der Waals surface area contributed by atoms with Crippen LogP contribution in [0.4, 0.5) is 5.69 Å². The normalized spacial score (nSPS) is 10.4. The molecule has 0 aliphatic carbocycles. The van der Waals surface area contributed by atoms with Gasteiger partial charge in [0, 0.05) is 42.7 Å². The number of nitrogens with two attached hydrogens (primary N) is 1. The van der Waals surface area contributed by atoms with Crippen LogP contribution in [-0.4, -0.2) is 48.8 Å². The number of anilines is 1. The lowest BCUT2D eigenvalue weighted by Gasteiger charge is -2.14. The van der Waals surface area contributed by atoms with E-state index in [0.29, 0.717) is 28.3 Å². The van der Waals surface area contributed by atoms with Crippen LogP contribution in [0, 0.1) is 5.41 Å². The third-order valence-electron chi connectivity index (χ3n) is 4.79. The largest absolute Gasteiger partial charge is 0.496 e. The van der Waals surface area contributed by atoms with Crippen molar-refractivity contribution in [1.29, 1.82) is 5.41 Å². The van der Waals surface area contributed by atoms with E-state index < -0.39 is 11.9 Å². The van der Waals surface area contributed by atoms with E-state index in [4.69, 9.17) is 30.0 Å². The summed E-state index contributed by atoms with van der Waals surface area (Å²) in [7, 11) is 3.12. The van der Waals surface area contributed by atoms with Gasteiger partial charge in [0.05, 0.1) is 13.7 Å². The van der Waals surface area contributed by atoms with Crippen molar-refractivity contribution in [3.05, 3.63) is 53.2 Å². The number of rotatable bonds is 10. The van der Waals surface area contributed by atoms with Gasteiger partial charge < -0.3 is 34.8 Å². The topological polar surface area (TPSA) is 175 Å². The van der Waals surface area contributed by atoms with Crippen molar-refractivity contribution < 1.29 is 28.3 Å². The highest BCUT2D eigenvalue weighted by Gasteiger charge is 2.25. The third kappa shape index (κ3) is 4.96. The molecule has 34 heavy (non-hydrogen) atoms. The molecule has 0 fully saturated rings. The average molecular weight is 468 g/mol. The first-order chi connectivity index (χ1) is 16.5. The molecule has 3 aromatic rings. The summed E-state index contributed by atoms with van der Waals surface area (Å²) < 4.78 is 15.5. The Bertz CT molecular complexity index is 1210. The van der Waals surface area contributed by atoms with Gasteiger partial charge in [-0.15, -0.1) is 0 Å². The number of benzene rings is 1. The molecule has 0 unspecified atom stereocenters. The van der Waals surface area contributed by atoms with E-state index in [1.54, 1.807) is 32.2 Å². The average Bonchev–Trinajstić information content (AvgIpc) is 3.36. The molecule has 2 heterocycles. The zero-order valence-electron chi connectivity index (χ0n) is 18.8. The molecule has 1 amide bonds. The molecule has 0 bridgehead atoms. The van der Waals surface area contributed by atoms with Gasteiger partial charge >= 0.3 is 5.97 Å². The second kappa shape index (κ2) is 10.9. The van der Waals surface area contributed by atoms with E-state index in [9.17, 15) is 9.59 Å². The molecule has 0 aliphatic rings. The molecule has 0 aliphatic heterocycles. The molecule has 0 radical (unpaired) electrons. The number of esters is 1. The van der Waals surface area contributed by atoms with Crippen molar-refractivity contribution in [3.63, 3.8) is 0 Å². The minimum Gasteiger partial charge on any atom is -0.496 e. The van der Waals surface area contributed by atoms with E-state index >= 15 is 0 Å². The van der Waals surface area contributed by atoms with Crippen LogP contribution < -0.4 is 26.1 Å². The number of carbonyl (C=O) groups excluding carboxylic acids is 2. The van der Waals surface area contributed by atoms with Gasteiger partial charge in [-0.05, 0) is 25.1 Å². The van der Waals surface area contributed by atoms with Crippen molar-refractivity contribution in [2.24, 2.45) is 5.90 Å². The Morgan fingerprint density at radius 2 is 2.06 bits per heavy atom. The molecule has 0 atom stereocenters. The van der Waals surface area contributed by atoms with Gasteiger partial charge in [0.2, 0.25) is 5.76 Å². The predicted molar refractivity (Wildman–Crippen MR) is 122 cm³/mol. The Hall–Kier alpha value is -4.45. The summed E-state index contributed by atoms with van der Waals surface area (Å²) in [6.07, 6.45) is 2.12. The van der Waals surface area contributed by atoms with Crippen LogP contribution in [0.25, 0.3) is 11.4 Å². The highest BCUT2D eigenvalue weighted by atomic mass is 16.6. The first-order valence-corrected chi connectivity index (χ1v) is 10.1. The number of methoxy groups -OCH3 is 1. The van der Waals surface area contributed by atoms with Crippen LogP contribution in [0.3, 0.4) is 0 Å². The number of amides is 1. The third-order valence-corrected chi connectivity index (χ3v) is 4.79. The van der Waals surface area contributed by atoms with Crippen molar-refractivity contribution in [2.75, 3.05) is 26.1 Å². The van der Waals surface area contributed by atoms with E-state index in [0.717, 1.165) is 12.6 Å². The summed E-state index contributed by atoms with van der Waals surface area (Å²) in [5.41, 5.74) is 1.64. The number of carbonyl (C=O) groups is 2. The van der Waals surface area contributed by atoms with E-state index in [1.165, 1.54) is 13.2 Å². The number of hydrogen-bond acceptors (Lipinski definition) is 11. The fourth-order valence-corrected chi connectivity index (χ4v) is 3.17. The van der Waals surface area contributed by atoms with Crippen LogP contribution in [0.5, 0.6) is 11.5 Å². The van der Waals surface area contributed by atoms with E-state index in [2.05, 4.69) is 20.6 Å². The van der Waals surface area contributed by atoms with Crippen LogP contribution in [-0.2, 0) is 11.3 Å². The smallest absolute Gasteiger partial charge is 0.376 e. The van der Waals surface area contributed by atoms with Crippen LogP contribution >= 0.6 is 0 Å². The monoisotopic (exact) mass is 468 g/mol. The van der Waals surface area contributed by atoms with E-state index in [1.807, 2.05) is 0 Å². The quantitative estimate of drug-likeness (QED) is 0.196. The number of aromatic nitrogens is 2. The van der Waals surface area contributed by atoms with Crippen molar-refractivity contribution in [3.8, 4) is 22.9 Å². The molecule has 12 nitrogen and oxygen atoms in total. The molecule has 2 aromatic heterocycles. The minimum atomic E-state index is -0.731. The Morgan fingerprint density at radius 3 is 2.71 bits per heavy atom. The fourth-order valence-electron chi connectivity index (χ4n) is 3.17. The van der Waals surface area contributed by atoms with Gasteiger partial charge in [0.25, 0.3) is 5.91 Å². The van der Waals surface area contributed by atoms with Crippen molar-refractivity contribution in [2.45, 2.75) is 13.5 Å². The zero-order chi connectivity index (χ0) is 24.7. The Labute approximate surface area is 194 Å². The molecule has 0 saturated heterocycles. The molecular weight excluding hydrogens is 444 g/mol. The van der Waals surface area contributed by atoms with Gasteiger partial charge in [-0.1, -0.05) is 0 Å². The maximum absolute atomic E-state index is 13.0. The molecular formula is C22H24N6O6. The molecule has 12 heteroatoms. The van der Waals surface area contributed by atoms with E-state index in [-0.39, 0.29) is 36.0 Å². The number of nitrogens with one attached hydrogen (secondary N) is 3. The molecule has 178 valence electrons. The SMILES string of the molecule is CCOC(=O)c1ocnc1-c1nc(C(=O)NCc2ccc(ON)cc2OC)cc(NC)c1C=N. The summed E-state index contributed by atoms with van der Waals surface area (Å²) in [5, 5.41) is 13.5. The van der Waals surface area contributed by atoms with Crippen LogP contribution in [0.2, 0.25) is 0 Å². The number of oxazole rings is 1. The van der Waals surface area contributed by atoms with Gasteiger partial charge in [-0.25, -0.2) is 14.8 Å². The van der Waals surface area contributed by atoms with Crippen LogP contribution in [0.1, 0.15) is 39.1 Å². The number of nitrogens with zero attached hydrogens (tertiary/aromatic N) is 2. The highest BCUT2D eigenvalue weighted by molar-refractivity contribution is 6.02. The van der Waals surface area contributed by atoms with Crippen molar-refractivity contribution in [1.82, 2.24) is 15.3 Å². The first-order valence-electron chi connectivity index (χ1n) is 10.1. The maximum atomic E-state index is 13.0. The minimum absolute atomic E-state index is 0.0311. The second-order valence-electron chi connectivity index (χ2n) is 6.74. The Kier molecular flexibility index (Phi) is 7.77. The maximum Gasteiger partial charge on any atom is 0.376 e. The van der Waals surface area contributed by atoms with Crippen LogP contribution in [0.15, 0.2) is 35.1 Å². The summed E-state index contributed by atoms with van der Waals surface area (Å²) in [6.45, 7) is 1.92. The summed E-state index contributed by atoms with van der Waals surface area (Å²) in [5.74, 6) is 4.65. The lowest BCUT2D eigenvalue weighted by atomic mass is 10.1. The summed E-state index contributed by atoms with van der Waals surface area (Å²) in [6, 6.07) is 6.43. The Morgan fingerprint density at radius 1 is 1.26 bits per heavy atom. The number of hydrogen-bond donors (Lipinski definition) is 4. The number of ether oxygens (including phenoxy) is 2. The fraction of sp³-hybridized carbons (Fsp3) is 0.227. The molecule has 5 N–H and O–H groups in total. The zero-order valence-corrected chi connectivity index (χ0v) is 18.8. The molecule has 3 rings (SSSR count). The summed E-state index contributed by atoms with van der Waals surface area (Å²) in [4.78, 5) is 38.4. The predicted octanol–water partition coefficient (Wildman–Crippen LogP) is 2.14. The Balaban J connectivity index is 1.96. The second-order valence-corrected chi connectivity index (χ2v) is 6.74. The van der Waals surface area contributed by atoms with Gasteiger partial charge in [-0.3, -0.25) is 4.79 Å². The van der Waals surface area contributed by atoms with Crippen molar-refractivity contribution >= 4 is 23.8 Å². The van der Waals surface area contributed by atoms with Gasteiger partial charge in [0.15, 0.2) is 12.1 Å². The molecule has 0 spiro atoms. The number of pyridine rings is 1. The highest BCUT2D eigenvalue weighted by Crippen LogP contribution is 2.29. The first kappa shape index (κ1) is 24.2. The molecule has 1 aromatic carbocycles. The van der Waals surface area contributed by atoms with Gasteiger partial charge in [0.1, 0.15) is 22.8 Å². The standard InChI is InChI=1S/C22H24N6O6/c1-4-32-22(30)20-19(27-11-33-20)18-14(9-23)15(25-2)8-16(28-18)21(29)26-10-12-5-6-13(34-24)7-17(12)31-3/h5-9,11,23H,4,10,24H2,1-3H3,(H,25,28)(H,26,29). The molecule has 0 saturated carbocycles. The summed E-state index contributed by atoms with van der Waals surface area (Å²) >= 11 is 0. The lowest BCUT2D eigenvalue weighted by molar-refractivity contribution is 0.0491. The van der Waals surface area contributed by atoms with Gasteiger partial charge in [-0.2, -0.15) is 5.90 Å².